The van der Waals surface area contributed by atoms with Gasteiger partial charge in [-0.25, -0.2) is 4.39 Å². The van der Waals surface area contributed by atoms with E-state index in [0.29, 0.717) is 13.1 Å². The van der Waals surface area contributed by atoms with Crippen molar-refractivity contribution in [3.8, 4) is 0 Å². The monoisotopic (exact) mass is 286 g/mol. The zero-order valence-corrected chi connectivity index (χ0v) is 12.3. The largest absolute Gasteiger partial charge is 0.396 e. The Labute approximate surface area is 124 Å². The molecule has 0 saturated heterocycles. The third-order valence-electron chi connectivity index (χ3n) is 3.41. The minimum Gasteiger partial charge on any atom is -0.396 e. The van der Waals surface area contributed by atoms with E-state index < -0.39 is 5.82 Å². The van der Waals surface area contributed by atoms with Gasteiger partial charge in [0, 0.05) is 13.1 Å². The highest BCUT2D eigenvalue weighted by molar-refractivity contribution is 5.99. The lowest BCUT2D eigenvalue weighted by atomic mass is 10.1. The Bertz CT molecular complexity index is 655. The Balaban J connectivity index is 2.25. The van der Waals surface area contributed by atoms with Crippen LogP contribution in [0.4, 0.5) is 10.1 Å². The van der Waals surface area contributed by atoms with Gasteiger partial charge < -0.3 is 10.6 Å². The number of hydrogen-bond donors (Lipinski definition) is 1. The van der Waals surface area contributed by atoms with Gasteiger partial charge in [0.05, 0.1) is 11.3 Å². The number of halogens is 1. The topological polar surface area (TPSA) is 46.3 Å². The standard InChI is InChI=1S/C17H19FN2O/c1-3-20(11-13-7-4-6-12(2)10-13)17(21)14-8-5-9-15(18)16(14)19/h4-10H,3,11,19H2,1-2H3. The zero-order chi connectivity index (χ0) is 15.4. The summed E-state index contributed by atoms with van der Waals surface area (Å²) in [6.07, 6.45) is 0. The van der Waals surface area contributed by atoms with E-state index in [4.69, 9.17) is 5.73 Å². The molecule has 0 aliphatic carbocycles. The average molecular weight is 286 g/mol. The van der Waals surface area contributed by atoms with Crippen molar-refractivity contribution in [3.63, 3.8) is 0 Å². The smallest absolute Gasteiger partial charge is 0.256 e. The Morgan fingerprint density at radius 2 is 1.95 bits per heavy atom. The first-order valence-corrected chi connectivity index (χ1v) is 6.91. The van der Waals surface area contributed by atoms with E-state index in [9.17, 15) is 9.18 Å². The Hall–Kier alpha value is -2.36. The van der Waals surface area contributed by atoms with Crippen LogP contribution < -0.4 is 5.73 Å². The number of carbonyl (C=O) groups is 1. The van der Waals surface area contributed by atoms with Gasteiger partial charge in [-0.1, -0.05) is 35.9 Å². The van der Waals surface area contributed by atoms with Crippen molar-refractivity contribution >= 4 is 11.6 Å². The first kappa shape index (κ1) is 15.0. The molecule has 0 saturated carbocycles. The fourth-order valence-corrected chi connectivity index (χ4v) is 2.25. The minimum atomic E-state index is -0.563. The zero-order valence-electron chi connectivity index (χ0n) is 12.3. The minimum absolute atomic E-state index is 0.0924. The van der Waals surface area contributed by atoms with Crippen molar-refractivity contribution in [2.24, 2.45) is 0 Å². The van der Waals surface area contributed by atoms with Gasteiger partial charge in [-0.2, -0.15) is 0 Å². The van der Waals surface area contributed by atoms with Gasteiger partial charge in [-0.05, 0) is 31.5 Å². The predicted octanol–water partition coefficient (Wildman–Crippen LogP) is 3.38. The number of nitrogens with zero attached hydrogens (tertiary/aromatic N) is 1. The lowest BCUT2D eigenvalue weighted by Crippen LogP contribution is -2.31. The summed E-state index contributed by atoms with van der Waals surface area (Å²) in [5.74, 6) is -0.816. The van der Waals surface area contributed by atoms with Crippen molar-refractivity contribution < 1.29 is 9.18 Å². The summed E-state index contributed by atoms with van der Waals surface area (Å²) in [5, 5.41) is 0. The van der Waals surface area contributed by atoms with Gasteiger partial charge in [0.25, 0.3) is 5.91 Å². The van der Waals surface area contributed by atoms with Crippen LogP contribution in [0.3, 0.4) is 0 Å². The maximum absolute atomic E-state index is 13.5. The number of hydrogen-bond acceptors (Lipinski definition) is 2. The highest BCUT2D eigenvalue weighted by Crippen LogP contribution is 2.19. The van der Waals surface area contributed by atoms with Crippen LogP contribution in [0.5, 0.6) is 0 Å². The highest BCUT2D eigenvalue weighted by Gasteiger charge is 2.18. The second kappa shape index (κ2) is 6.39. The maximum Gasteiger partial charge on any atom is 0.256 e. The molecule has 0 aromatic heterocycles. The highest BCUT2D eigenvalue weighted by atomic mass is 19.1. The summed E-state index contributed by atoms with van der Waals surface area (Å²) < 4.78 is 13.5. The molecule has 3 nitrogen and oxygen atoms in total. The molecule has 0 spiro atoms. The maximum atomic E-state index is 13.5. The van der Waals surface area contributed by atoms with Crippen LogP contribution in [0.1, 0.15) is 28.4 Å². The fourth-order valence-electron chi connectivity index (χ4n) is 2.25. The first-order chi connectivity index (χ1) is 10.0. The summed E-state index contributed by atoms with van der Waals surface area (Å²) in [6.45, 7) is 4.91. The predicted molar refractivity (Wildman–Crippen MR) is 82.4 cm³/mol. The molecule has 2 aromatic carbocycles. The summed E-state index contributed by atoms with van der Waals surface area (Å²) in [7, 11) is 0. The molecular formula is C17H19FN2O. The molecule has 0 fully saturated rings. The van der Waals surface area contributed by atoms with E-state index in [2.05, 4.69) is 0 Å². The lowest BCUT2D eigenvalue weighted by molar-refractivity contribution is 0.0753. The average Bonchev–Trinajstić information content (AvgIpc) is 2.47. The molecule has 2 aromatic rings. The Morgan fingerprint density at radius 1 is 1.24 bits per heavy atom. The van der Waals surface area contributed by atoms with E-state index in [1.807, 2.05) is 38.1 Å². The van der Waals surface area contributed by atoms with E-state index in [1.165, 1.54) is 12.1 Å². The van der Waals surface area contributed by atoms with Gasteiger partial charge >= 0.3 is 0 Å². The number of nitrogen functional groups attached to an aromatic ring is 1. The second-order valence-corrected chi connectivity index (χ2v) is 5.01. The lowest BCUT2D eigenvalue weighted by Gasteiger charge is -2.22. The molecule has 0 radical (unpaired) electrons. The van der Waals surface area contributed by atoms with Gasteiger partial charge in [-0.3, -0.25) is 4.79 Å². The fraction of sp³-hybridized carbons (Fsp3) is 0.235. The van der Waals surface area contributed by atoms with Crippen LogP contribution in [-0.2, 0) is 6.54 Å². The summed E-state index contributed by atoms with van der Waals surface area (Å²) in [6, 6.07) is 12.3. The van der Waals surface area contributed by atoms with E-state index in [0.717, 1.165) is 11.1 Å². The second-order valence-electron chi connectivity index (χ2n) is 5.01. The molecule has 110 valence electrons. The molecule has 0 unspecified atom stereocenters. The SMILES string of the molecule is CCN(Cc1cccc(C)c1)C(=O)c1cccc(F)c1N. The number of carbonyl (C=O) groups excluding carboxylic acids is 1. The number of benzene rings is 2. The number of para-hydroxylation sites is 1. The van der Waals surface area contributed by atoms with Crippen molar-refractivity contribution in [1.29, 1.82) is 0 Å². The molecule has 4 heteroatoms. The third kappa shape index (κ3) is 3.40. The molecule has 2 N–H and O–H groups in total. The van der Waals surface area contributed by atoms with E-state index in [-0.39, 0.29) is 17.2 Å². The molecule has 1 amide bonds. The number of nitrogens with two attached hydrogens (primary N) is 1. The van der Waals surface area contributed by atoms with Crippen LogP contribution in [0.2, 0.25) is 0 Å². The van der Waals surface area contributed by atoms with Crippen molar-refractivity contribution in [1.82, 2.24) is 4.90 Å². The molecule has 0 bridgehead atoms. The molecule has 0 heterocycles. The van der Waals surface area contributed by atoms with Crippen LogP contribution in [-0.4, -0.2) is 17.4 Å². The van der Waals surface area contributed by atoms with Crippen LogP contribution in [0.15, 0.2) is 42.5 Å². The van der Waals surface area contributed by atoms with Crippen molar-refractivity contribution in [2.75, 3.05) is 12.3 Å². The molecule has 0 atom stereocenters. The normalized spacial score (nSPS) is 10.4. The molecule has 0 aliphatic rings. The Morgan fingerprint density at radius 3 is 2.62 bits per heavy atom. The number of rotatable bonds is 4. The summed E-state index contributed by atoms with van der Waals surface area (Å²) in [4.78, 5) is 14.2. The molecule has 0 aliphatic heterocycles. The number of anilines is 1. The van der Waals surface area contributed by atoms with Crippen LogP contribution >= 0.6 is 0 Å². The molecule has 21 heavy (non-hydrogen) atoms. The summed E-state index contributed by atoms with van der Waals surface area (Å²) in [5.41, 5.74) is 7.97. The molecule has 2 rings (SSSR count). The van der Waals surface area contributed by atoms with Crippen molar-refractivity contribution in [3.05, 3.63) is 65.0 Å². The third-order valence-corrected chi connectivity index (χ3v) is 3.41. The quantitative estimate of drug-likeness (QED) is 0.876. The van der Waals surface area contributed by atoms with Gasteiger partial charge in [0.2, 0.25) is 0 Å². The first-order valence-electron chi connectivity index (χ1n) is 6.91. The van der Waals surface area contributed by atoms with Gasteiger partial charge in [-0.15, -0.1) is 0 Å². The van der Waals surface area contributed by atoms with Crippen molar-refractivity contribution in [2.45, 2.75) is 20.4 Å². The van der Waals surface area contributed by atoms with E-state index >= 15 is 0 Å². The number of amides is 1. The Kier molecular flexibility index (Phi) is 4.58. The number of aryl methyl sites for hydroxylation is 1. The summed E-state index contributed by atoms with van der Waals surface area (Å²) >= 11 is 0. The van der Waals surface area contributed by atoms with Crippen LogP contribution in [0.25, 0.3) is 0 Å². The van der Waals surface area contributed by atoms with E-state index in [1.54, 1.807) is 11.0 Å². The van der Waals surface area contributed by atoms with Gasteiger partial charge in [0.1, 0.15) is 5.82 Å². The van der Waals surface area contributed by atoms with Crippen LogP contribution in [0, 0.1) is 12.7 Å². The molecular weight excluding hydrogens is 267 g/mol. The van der Waals surface area contributed by atoms with Gasteiger partial charge in [0.15, 0.2) is 0 Å².